The van der Waals surface area contributed by atoms with Crippen LogP contribution in [-0.4, -0.2) is 23.1 Å². The minimum absolute atomic E-state index is 0.199. The van der Waals surface area contributed by atoms with Crippen LogP contribution in [-0.2, 0) is 17.6 Å². The van der Waals surface area contributed by atoms with E-state index in [0.717, 1.165) is 49.7 Å². The standard InChI is InChI=1S/C22H28N2O5/c25-23(26)21-15-7-5-13-19(21)11-3-1-9-17-29-18-10-2-4-12-20-14-6-8-16-22(20)24(27)28/h5-8,13-16H,1-4,9-12,17-18H2. The van der Waals surface area contributed by atoms with E-state index in [1.54, 1.807) is 24.3 Å². The molecule has 0 heterocycles. The minimum atomic E-state index is -0.325. The van der Waals surface area contributed by atoms with Gasteiger partial charge in [0, 0.05) is 36.5 Å². The van der Waals surface area contributed by atoms with Crippen molar-refractivity contribution in [1.29, 1.82) is 0 Å². The fourth-order valence-corrected chi connectivity index (χ4v) is 3.30. The van der Waals surface area contributed by atoms with Gasteiger partial charge in [-0.1, -0.05) is 49.2 Å². The fourth-order valence-electron chi connectivity index (χ4n) is 3.30. The molecule has 0 saturated heterocycles. The first-order chi connectivity index (χ1) is 14.1. The van der Waals surface area contributed by atoms with Crippen LogP contribution in [0.5, 0.6) is 0 Å². The van der Waals surface area contributed by atoms with Crippen molar-refractivity contribution in [1.82, 2.24) is 0 Å². The van der Waals surface area contributed by atoms with Crippen molar-refractivity contribution >= 4 is 11.4 Å². The first-order valence-electron chi connectivity index (χ1n) is 10.1. The summed E-state index contributed by atoms with van der Waals surface area (Å²) in [7, 11) is 0. The van der Waals surface area contributed by atoms with Gasteiger partial charge in [-0.25, -0.2) is 0 Å². The second-order valence-corrected chi connectivity index (χ2v) is 7.01. The lowest BCUT2D eigenvalue weighted by Crippen LogP contribution is -1.99. The number of aryl methyl sites for hydroxylation is 2. The van der Waals surface area contributed by atoms with Crippen LogP contribution >= 0.6 is 0 Å². The number of hydrogen-bond donors (Lipinski definition) is 0. The van der Waals surface area contributed by atoms with Crippen molar-refractivity contribution in [2.45, 2.75) is 51.4 Å². The zero-order valence-electron chi connectivity index (χ0n) is 16.6. The number of hydrogen-bond acceptors (Lipinski definition) is 5. The van der Waals surface area contributed by atoms with Crippen molar-refractivity contribution in [3.8, 4) is 0 Å². The highest BCUT2D eigenvalue weighted by Crippen LogP contribution is 2.21. The van der Waals surface area contributed by atoms with Gasteiger partial charge in [-0.2, -0.15) is 0 Å². The van der Waals surface area contributed by atoms with E-state index in [4.69, 9.17) is 4.74 Å². The van der Waals surface area contributed by atoms with Crippen LogP contribution in [0, 0.1) is 20.2 Å². The largest absolute Gasteiger partial charge is 0.381 e. The van der Waals surface area contributed by atoms with Crippen molar-refractivity contribution in [2.75, 3.05) is 13.2 Å². The van der Waals surface area contributed by atoms with E-state index in [1.165, 1.54) is 0 Å². The van der Waals surface area contributed by atoms with Crippen LogP contribution in [0.25, 0.3) is 0 Å². The number of para-hydroxylation sites is 2. The SMILES string of the molecule is O=[N+]([O-])c1ccccc1CCCCCOCCCCCc1ccccc1[N+](=O)[O-]. The quantitative estimate of drug-likeness (QED) is 0.232. The topological polar surface area (TPSA) is 95.5 Å². The smallest absolute Gasteiger partial charge is 0.272 e. The highest BCUT2D eigenvalue weighted by molar-refractivity contribution is 5.40. The van der Waals surface area contributed by atoms with Gasteiger partial charge in [0.25, 0.3) is 11.4 Å². The Morgan fingerprint density at radius 3 is 1.45 bits per heavy atom. The zero-order chi connectivity index (χ0) is 20.9. The molecule has 0 N–H and O–H groups in total. The molecule has 0 aliphatic rings. The predicted molar refractivity (Wildman–Crippen MR) is 112 cm³/mol. The van der Waals surface area contributed by atoms with E-state index in [2.05, 4.69) is 0 Å². The zero-order valence-corrected chi connectivity index (χ0v) is 16.6. The summed E-state index contributed by atoms with van der Waals surface area (Å²) in [5.74, 6) is 0. The van der Waals surface area contributed by atoms with E-state index < -0.39 is 0 Å². The first kappa shape index (κ1) is 22.5. The molecule has 156 valence electrons. The summed E-state index contributed by atoms with van der Waals surface area (Å²) < 4.78 is 5.65. The third-order valence-corrected chi connectivity index (χ3v) is 4.85. The molecule has 7 heteroatoms. The van der Waals surface area contributed by atoms with Crippen LogP contribution in [0.3, 0.4) is 0 Å². The Morgan fingerprint density at radius 2 is 1.03 bits per heavy atom. The van der Waals surface area contributed by atoms with Crippen molar-refractivity contribution in [2.24, 2.45) is 0 Å². The maximum atomic E-state index is 11.0. The molecule has 0 spiro atoms. The Bertz CT molecular complexity index is 729. The molecule has 0 amide bonds. The van der Waals surface area contributed by atoms with Gasteiger partial charge in [0.05, 0.1) is 9.85 Å². The minimum Gasteiger partial charge on any atom is -0.381 e. The molecule has 0 fully saturated rings. The van der Waals surface area contributed by atoms with Gasteiger partial charge in [0.1, 0.15) is 0 Å². The van der Waals surface area contributed by atoms with Crippen LogP contribution in [0.15, 0.2) is 48.5 Å². The Hall–Kier alpha value is -2.80. The van der Waals surface area contributed by atoms with Gasteiger partial charge in [0.2, 0.25) is 0 Å². The van der Waals surface area contributed by atoms with E-state index in [-0.39, 0.29) is 21.2 Å². The average molecular weight is 400 g/mol. The predicted octanol–water partition coefficient (Wildman–Crippen LogP) is 5.65. The van der Waals surface area contributed by atoms with Crippen LogP contribution in [0.1, 0.15) is 49.7 Å². The molecule has 0 aliphatic carbocycles. The molecule has 0 aromatic heterocycles. The number of nitro groups is 2. The lowest BCUT2D eigenvalue weighted by atomic mass is 10.1. The fraction of sp³-hybridized carbons (Fsp3) is 0.455. The van der Waals surface area contributed by atoms with E-state index in [9.17, 15) is 20.2 Å². The normalized spacial score (nSPS) is 10.8. The van der Waals surface area contributed by atoms with E-state index >= 15 is 0 Å². The lowest BCUT2D eigenvalue weighted by molar-refractivity contribution is -0.385. The highest BCUT2D eigenvalue weighted by Gasteiger charge is 2.12. The van der Waals surface area contributed by atoms with E-state index in [0.29, 0.717) is 26.1 Å². The molecule has 29 heavy (non-hydrogen) atoms. The highest BCUT2D eigenvalue weighted by atomic mass is 16.6. The Balaban J connectivity index is 1.49. The Labute approximate surface area is 171 Å². The molecule has 0 aliphatic heterocycles. The molecule has 7 nitrogen and oxygen atoms in total. The van der Waals surface area contributed by atoms with Crippen LogP contribution in [0.2, 0.25) is 0 Å². The average Bonchev–Trinajstić information content (AvgIpc) is 2.72. The Kier molecular flexibility index (Phi) is 9.78. The third-order valence-electron chi connectivity index (χ3n) is 4.85. The molecule has 0 saturated carbocycles. The summed E-state index contributed by atoms with van der Waals surface area (Å²) in [6.45, 7) is 1.39. The molecule has 0 unspecified atom stereocenters. The summed E-state index contributed by atoms with van der Waals surface area (Å²) in [6.07, 6.45) is 7.07. The number of rotatable bonds is 14. The lowest BCUT2D eigenvalue weighted by Gasteiger charge is -2.06. The molecule has 2 rings (SSSR count). The van der Waals surface area contributed by atoms with E-state index in [1.807, 2.05) is 24.3 Å². The molecule has 0 atom stereocenters. The monoisotopic (exact) mass is 400 g/mol. The number of nitrogens with zero attached hydrogens (tertiary/aromatic N) is 2. The summed E-state index contributed by atoms with van der Waals surface area (Å²) in [4.78, 5) is 21.3. The second-order valence-electron chi connectivity index (χ2n) is 7.01. The molecular formula is C22H28N2O5. The summed E-state index contributed by atoms with van der Waals surface area (Å²) >= 11 is 0. The number of benzene rings is 2. The van der Waals surface area contributed by atoms with Gasteiger partial charge in [0.15, 0.2) is 0 Å². The maximum absolute atomic E-state index is 11.0. The Morgan fingerprint density at radius 1 is 0.621 bits per heavy atom. The molecule has 0 radical (unpaired) electrons. The molecular weight excluding hydrogens is 372 g/mol. The van der Waals surface area contributed by atoms with Gasteiger partial charge >= 0.3 is 0 Å². The number of nitro benzene ring substituents is 2. The van der Waals surface area contributed by atoms with Crippen molar-refractivity contribution in [3.63, 3.8) is 0 Å². The van der Waals surface area contributed by atoms with Gasteiger partial charge < -0.3 is 4.74 Å². The van der Waals surface area contributed by atoms with Gasteiger partial charge in [-0.05, 0) is 38.5 Å². The maximum Gasteiger partial charge on any atom is 0.272 e. The number of unbranched alkanes of at least 4 members (excludes halogenated alkanes) is 4. The van der Waals surface area contributed by atoms with Crippen molar-refractivity contribution < 1.29 is 14.6 Å². The van der Waals surface area contributed by atoms with Gasteiger partial charge in [-0.15, -0.1) is 0 Å². The first-order valence-corrected chi connectivity index (χ1v) is 10.1. The number of ether oxygens (including phenoxy) is 1. The van der Waals surface area contributed by atoms with Gasteiger partial charge in [-0.3, -0.25) is 20.2 Å². The molecule has 2 aromatic rings. The van der Waals surface area contributed by atoms with Crippen LogP contribution < -0.4 is 0 Å². The summed E-state index contributed by atoms with van der Waals surface area (Å²) in [6, 6.07) is 13.8. The van der Waals surface area contributed by atoms with Crippen LogP contribution in [0.4, 0.5) is 11.4 Å². The van der Waals surface area contributed by atoms with Crippen molar-refractivity contribution in [3.05, 3.63) is 79.9 Å². The second kappa shape index (κ2) is 12.6. The molecule has 0 bridgehead atoms. The summed E-state index contributed by atoms with van der Waals surface area (Å²) in [5.41, 5.74) is 1.98. The molecule has 2 aromatic carbocycles. The summed E-state index contributed by atoms with van der Waals surface area (Å²) in [5, 5.41) is 22.0. The third kappa shape index (κ3) is 7.99.